The highest BCUT2D eigenvalue weighted by Crippen LogP contribution is 2.44. The fraction of sp³-hybridized carbons (Fsp3) is 0.0612. The molecule has 0 bridgehead atoms. The van der Waals surface area contributed by atoms with E-state index in [0.717, 1.165) is 77.0 Å². The minimum absolute atomic E-state index is 0.632. The van der Waals surface area contributed by atoms with Crippen LogP contribution in [-0.4, -0.2) is 14.5 Å². The minimum atomic E-state index is 0.632. The molecule has 53 heavy (non-hydrogen) atoms. The van der Waals surface area contributed by atoms with Crippen LogP contribution in [0, 0.1) is 0 Å². The van der Waals surface area contributed by atoms with Crippen molar-refractivity contribution in [3.05, 3.63) is 164 Å². The third kappa shape index (κ3) is 4.91. The lowest BCUT2D eigenvalue weighted by molar-refractivity contribution is 0.670. The summed E-state index contributed by atoms with van der Waals surface area (Å²) in [6.45, 7) is 4.25. The molecule has 11 rings (SSSR count). The van der Waals surface area contributed by atoms with Crippen LogP contribution in [0.2, 0.25) is 0 Å². The molecular weight excluding hydrogens is 647 g/mol. The fourth-order valence-electron chi connectivity index (χ4n) is 7.94. The van der Waals surface area contributed by atoms with E-state index in [1.807, 2.05) is 12.1 Å². The van der Waals surface area contributed by atoms with Crippen molar-refractivity contribution in [2.45, 2.75) is 20.3 Å². The third-order valence-electron chi connectivity index (χ3n) is 10.2. The Balaban J connectivity index is 0.00000113. The molecule has 0 aliphatic rings. The maximum Gasteiger partial charge on any atom is 0.235 e. The van der Waals surface area contributed by atoms with Gasteiger partial charge >= 0.3 is 0 Å². The molecular formula is C49H35N3O. The standard InChI is InChI=1S/C46H27N3O.C3H8/c1-2-13-29(14-3-1)43-36-18-8-9-23-39(36)47-46(48-43)49-40-27-31-16-5-4-15-30(31)26-38(40)34-20-10-19-33(44(34)49)35-21-11-22-37-42-32-17-7-6-12-28(32)24-25-41(42)50-45(35)37;1-3-2/h1-27H;3H2,1-2H3. The molecule has 0 N–H and O–H groups in total. The molecule has 4 heteroatoms. The molecule has 0 fully saturated rings. The van der Waals surface area contributed by atoms with Crippen LogP contribution in [0.25, 0.3) is 105 Å². The molecule has 252 valence electrons. The summed E-state index contributed by atoms with van der Waals surface area (Å²) in [6, 6.07) is 57.7. The van der Waals surface area contributed by atoms with Gasteiger partial charge in [0.1, 0.15) is 11.2 Å². The second-order valence-electron chi connectivity index (χ2n) is 13.7. The van der Waals surface area contributed by atoms with Gasteiger partial charge < -0.3 is 4.42 Å². The number of hydrogen-bond donors (Lipinski definition) is 0. The van der Waals surface area contributed by atoms with Crippen molar-refractivity contribution in [2.24, 2.45) is 0 Å². The van der Waals surface area contributed by atoms with E-state index >= 15 is 0 Å². The Hall–Kier alpha value is -6.78. The highest BCUT2D eigenvalue weighted by molar-refractivity contribution is 6.23. The van der Waals surface area contributed by atoms with Crippen LogP contribution in [0.15, 0.2) is 168 Å². The van der Waals surface area contributed by atoms with Gasteiger partial charge in [0, 0.05) is 43.6 Å². The van der Waals surface area contributed by atoms with Crippen LogP contribution >= 0.6 is 0 Å². The van der Waals surface area contributed by atoms with Crippen molar-refractivity contribution in [3.63, 3.8) is 0 Å². The van der Waals surface area contributed by atoms with Crippen molar-refractivity contribution in [1.82, 2.24) is 14.5 Å². The Morgan fingerprint density at radius 3 is 1.96 bits per heavy atom. The van der Waals surface area contributed by atoms with Crippen LogP contribution in [-0.2, 0) is 0 Å². The van der Waals surface area contributed by atoms with E-state index in [1.54, 1.807) is 0 Å². The lowest BCUT2D eigenvalue weighted by Gasteiger charge is -2.14. The highest BCUT2D eigenvalue weighted by Gasteiger charge is 2.23. The molecule has 0 radical (unpaired) electrons. The van der Waals surface area contributed by atoms with Crippen LogP contribution in [0.5, 0.6) is 0 Å². The monoisotopic (exact) mass is 681 g/mol. The molecule has 0 saturated heterocycles. The number of para-hydroxylation sites is 3. The molecule has 3 heterocycles. The summed E-state index contributed by atoms with van der Waals surface area (Å²) in [4.78, 5) is 10.7. The van der Waals surface area contributed by atoms with Crippen molar-refractivity contribution in [1.29, 1.82) is 0 Å². The summed E-state index contributed by atoms with van der Waals surface area (Å²) in [6.07, 6.45) is 1.25. The van der Waals surface area contributed by atoms with E-state index in [-0.39, 0.29) is 0 Å². The van der Waals surface area contributed by atoms with Crippen molar-refractivity contribution in [2.75, 3.05) is 0 Å². The summed E-state index contributed by atoms with van der Waals surface area (Å²) >= 11 is 0. The van der Waals surface area contributed by atoms with Crippen LogP contribution in [0.4, 0.5) is 0 Å². The summed E-state index contributed by atoms with van der Waals surface area (Å²) in [5.41, 5.74) is 8.82. The molecule has 0 unspecified atom stereocenters. The van der Waals surface area contributed by atoms with Crippen molar-refractivity contribution >= 4 is 76.2 Å². The summed E-state index contributed by atoms with van der Waals surface area (Å²) in [5, 5.41) is 10.3. The largest absolute Gasteiger partial charge is 0.455 e. The quantitative estimate of drug-likeness (QED) is 0.186. The van der Waals surface area contributed by atoms with Crippen LogP contribution < -0.4 is 0 Å². The van der Waals surface area contributed by atoms with Gasteiger partial charge in [-0.25, -0.2) is 9.97 Å². The predicted octanol–water partition coefficient (Wildman–Crippen LogP) is 13.7. The number of rotatable bonds is 3. The minimum Gasteiger partial charge on any atom is -0.455 e. The summed E-state index contributed by atoms with van der Waals surface area (Å²) in [7, 11) is 0. The second kappa shape index (κ2) is 12.5. The molecule has 0 aliphatic heterocycles. The van der Waals surface area contributed by atoms with Crippen molar-refractivity contribution < 1.29 is 4.42 Å². The second-order valence-corrected chi connectivity index (χ2v) is 13.7. The summed E-state index contributed by atoms with van der Waals surface area (Å²) in [5.74, 6) is 0.632. The zero-order chi connectivity index (χ0) is 35.5. The van der Waals surface area contributed by atoms with E-state index in [4.69, 9.17) is 14.4 Å². The average Bonchev–Trinajstić information content (AvgIpc) is 3.76. The number of nitrogens with zero attached hydrogens (tertiary/aromatic N) is 3. The molecule has 11 aromatic rings. The number of fused-ring (bicyclic) bond motifs is 10. The third-order valence-corrected chi connectivity index (χ3v) is 10.2. The van der Waals surface area contributed by atoms with Crippen LogP contribution in [0.3, 0.4) is 0 Å². The van der Waals surface area contributed by atoms with E-state index in [9.17, 15) is 0 Å². The van der Waals surface area contributed by atoms with Gasteiger partial charge in [-0.2, -0.15) is 0 Å². The molecule has 0 aliphatic carbocycles. The maximum absolute atomic E-state index is 6.77. The fourth-order valence-corrected chi connectivity index (χ4v) is 7.94. The Morgan fingerprint density at radius 2 is 1.15 bits per heavy atom. The first-order chi connectivity index (χ1) is 26.2. The number of aromatic nitrogens is 3. The lowest BCUT2D eigenvalue weighted by Crippen LogP contribution is -2.04. The average molecular weight is 682 g/mol. The SMILES string of the molecule is CCC.c1ccc(-c2nc(-n3c4cc5ccccc5cc4c4cccc(-c5cccc6c5oc5ccc7ccccc7c56)c43)nc3ccccc23)cc1. The van der Waals surface area contributed by atoms with Gasteiger partial charge in [0.15, 0.2) is 0 Å². The van der Waals surface area contributed by atoms with Gasteiger partial charge in [-0.15, -0.1) is 0 Å². The predicted molar refractivity (Wildman–Crippen MR) is 223 cm³/mol. The molecule has 3 aromatic heterocycles. The number of hydrogen-bond acceptors (Lipinski definition) is 3. The maximum atomic E-state index is 6.77. The smallest absolute Gasteiger partial charge is 0.235 e. The van der Waals surface area contributed by atoms with Gasteiger partial charge in [-0.3, -0.25) is 4.57 Å². The van der Waals surface area contributed by atoms with Gasteiger partial charge in [0.05, 0.1) is 22.2 Å². The first kappa shape index (κ1) is 31.0. The van der Waals surface area contributed by atoms with E-state index in [1.165, 1.54) is 28.0 Å². The Morgan fingerprint density at radius 1 is 0.509 bits per heavy atom. The molecule has 8 aromatic carbocycles. The van der Waals surface area contributed by atoms with Gasteiger partial charge in [0.25, 0.3) is 0 Å². The Kier molecular flexibility index (Phi) is 7.29. The van der Waals surface area contributed by atoms with Gasteiger partial charge in [-0.05, 0) is 45.8 Å². The zero-order valence-corrected chi connectivity index (χ0v) is 29.5. The Labute approximate surface area is 306 Å². The number of benzene rings is 8. The van der Waals surface area contributed by atoms with Crippen molar-refractivity contribution in [3.8, 4) is 28.3 Å². The first-order valence-corrected chi connectivity index (χ1v) is 18.3. The van der Waals surface area contributed by atoms with Gasteiger partial charge in [0.2, 0.25) is 5.95 Å². The molecule has 0 spiro atoms. The molecule has 4 nitrogen and oxygen atoms in total. The molecule has 0 atom stereocenters. The highest BCUT2D eigenvalue weighted by atomic mass is 16.3. The zero-order valence-electron chi connectivity index (χ0n) is 29.5. The Bertz CT molecular complexity index is 3170. The normalized spacial score (nSPS) is 11.7. The summed E-state index contributed by atoms with van der Waals surface area (Å²) < 4.78 is 9.04. The first-order valence-electron chi connectivity index (χ1n) is 18.3. The van der Waals surface area contributed by atoms with Crippen LogP contribution in [0.1, 0.15) is 20.3 Å². The van der Waals surface area contributed by atoms with Gasteiger partial charge in [-0.1, -0.05) is 160 Å². The van der Waals surface area contributed by atoms with E-state index < -0.39 is 0 Å². The van der Waals surface area contributed by atoms with E-state index in [0.29, 0.717) is 5.95 Å². The number of furan rings is 1. The molecule has 0 saturated carbocycles. The molecule has 0 amide bonds. The van der Waals surface area contributed by atoms with E-state index in [2.05, 4.69) is 170 Å². The lowest BCUT2D eigenvalue weighted by atomic mass is 9.98. The topological polar surface area (TPSA) is 43.9 Å².